The zero-order valence-electron chi connectivity index (χ0n) is 15.4. The van der Waals surface area contributed by atoms with Crippen LogP contribution in [-0.2, 0) is 11.2 Å². The smallest absolute Gasteiger partial charge is 0.343 e. The molecule has 0 N–H and O–H groups in total. The first-order chi connectivity index (χ1) is 13.0. The number of rotatable bonds is 3. The molecule has 1 aliphatic rings. The molecule has 7 heteroatoms. The van der Waals surface area contributed by atoms with Crippen LogP contribution in [0, 0.1) is 6.92 Å². The summed E-state index contributed by atoms with van der Waals surface area (Å²) < 4.78 is 11.7. The Morgan fingerprint density at radius 1 is 1.19 bits per heavy atom. The molecular weight excluding hydrogens is 346 g/mol. The third-order valence-electron chi connectivity index (χ3n) is 5.07. The predicted octanol–water partition coefficient (Wildman–Crippen LogP) is 2.75. The molecule has 7 nitrogen and oxygen atoms in total. The van der Waals surface area contributed by atoms with Crippen LogP contribution in [0.15, 0.2) is 30.5 Å². The Labute approximate surface area is 155 Å². The highest BCUT2D eigenvalue weighted by atomic mass is 16.5. The van der Waals surface area contributed by atoms with E-state index in [-0.39, 0.29) is 11.7 Å². The summed E-state index contributed by atoms with van der Waals surface area (Å²) >= 11 is 0. The van der Waals surface area contributed by atoms with E-state index in [1.54, 1.807) is 24.7 Å². The average molecular weight is 365 g/mol. The van der Waals surface area contributed by atoms with Gasteiger partial charge in [-0.15, -0.1) is 0 Å². The van der Waals surface area contributed by atoms with Crippen LogP contribution in [0.5, 0.6) is 5.75 Å². The molecule has 0 saturated heterocycles. The van der Waals surface area contributed by atoms with Crippen molar-refractivity contribution in [2.45, 2.75) is 25.7 Å². The Morgan fingerprint density at radius 3 is 2.59 bits per heavy atom. The molecular formula is C20H19N3O4. The Morgan fingerprint density at radius 2 is 1.93 bits per heavy atom. The van der Waals surface area contributed by atoms with E-state index in [1.165, 1.54) is 7.11 Å². The van der Waals surface area contributed by atoms with Crippen molar-refractivity contribution in [2.75, 3.05) is 14.2 Å². The van der Waals surface area contributed by atoms with E-state index in [0.29, 0.717) is 35.3 Å². The maximum atomic E-state index is 12.7. The van der Waals surface area contributed by atoms with E-state index in [4.69, 9.17) is 9.47 Å². The number of ketones is 1. The number of esters is 1. The quantitative estimate of drug-likeness (QED) is 0.664. The van der Waals surface area contributed by atoms with E-state index in [2.05, 4.69) is 10.1 Å². The van der Waals surface area contributed by atoms with Crippen LogP contribution >= 0.6 is 0 Å². The van der Waals surface area contributed by atoms with Crippen molar-refractivity contribution in [3.63, 3.8) is 0 Å². The van der Waals surface area contributed by atoms with Gasteiger partial charge in [0.2, 0.25) is 0 Å². The van der Waals surface area contributed by atoms with Crippen molar-refractivity contribution in [3.05, 3.63) is 58.5 Å². The van der Waals surface area contributed by atoms with Crippen LogP contribution < -0.4 is 4.74 Å². The van der Waals surface area contributed by atoms with Crippen LogP contribution in [0.25, 0.3) is 5.65 Å². The molecule has 3 aromatic rings. The normalized spacial score (nSPS) is 16.3. The Kier molecular flexibility index (Phi) is 4.14. The number of Topliss-reactive ketones (excluding diaryl/α,β-unsaturated/α-hetero) is 1. The molecule has 0 aliphatic heterocycles. The van der Waals surface area contributed by atoms with Gasteiger partial charge >= 0.3 is 5.97 Å². The third-order valence-corrected chi connectivity index (χ3v) is 5.07. The summed E-state index contributed by atoms with van der Waals surface area (Å²) in [6.45, 7) is 1.74. The largest absolute Gasteiger partial charge is 0.497 e. The summed E-state index contributed by atoms with van der Waals surface area (Å²) in [5.74, 6) is 0.355. The van der Waals surface area contributed by atoms with E-state index in [1.807, 2.05) is 24.3 Å². The Hall–Kier alpha value is -3.22. The van der Waals surface area contributed by atoms with Gasteiger partial charge in [-0.1, -0.05) is 12.1 Å². The second kappa shape index (κ2) is 6.50. The second-order valence-electron chi connectivity index (χ2n) is 6.61. The summed E-state index contributed by atoms with van der Waals surface area (Å²) in [5.41, 5.74) is 3.68. The molecule has 2 heterocycles. The lowest BCUT2D eigenvalue weighted by Gasteiger charge is -2.24. The van der Waals surface area contributed by atoms with E-state index >= 15 is 0 Å². The van der Waals surface area contributed by atoms with Crippen molar-refractivity contribution in [2.24, 2.45) is 0 Å². The van der Waals surface area contributed by atoms with Gasteiger partial charge in [-0.05, 0) is 37.0 Å². The maximum absolute atomic E-state index is 12.7. The number of ether oxygens (including phenoxy) is 2. The molecule has 0 amide bonds. The summed E-state index contributed by atoms with van der Waals surface area (Å²) in [7, 11) is 2.95. The minimum atomic E-state index is -0.483. The highest BCUT2D eigenvalue weighted by Gasteiger charge is 2.31. The summed E-state index contributed by atoms with van der Waals surface area (Å²) in [5, 5.41) is 4.47. The number of hydrogen-bond donors (Lipinski definition) is 0. The Bertz CT molecular complexity index is 1050. The fraction of sp³-hybridized carbons (Fsp3) is 0.300. The van der Waals surface area contributed by atoms with Gasteiger partial charge in [0, 0.05) is 12.6 Å². The van der Waals surface area contributed by atoms with Crippen molar-refractivity contribution in [1.29, 1.82) is 0 Å². The fourth-order valence-electron chi connectivity index (χ4n) is 3.66. The van der Waals surface area contributed by atoms with E-state index in [9.17, 15) is 9.59 Å². The number of fused-ring (bicyclic) bond motifs is 3. The lowest BCUT2D eigenvalue weighted by atomic mass is 9.82. The standard InChI is InChI=1S/C20H19N3O4/c1-11-18(20(25)27-3)19-21-10-15-16(23(19)22-11)8-13(9-17(15)24)12-4-6-14(26-2)7-5-12/h4-7,10,13H,8-9H2,1-3H3. The Balaban J connectivity index is 1.81. The second-order valence-corrected chi connectivity index (χ2v) is 6.61. The monoisotopic (exact) mass is 365 g/mol. The zero-order chi connectivity index (χ0) is 19.1. The van der Waals surface area contributed by atoms with E-state index < -0.39 is 5.97 Å². The number of carbonyl (C=O) groups is 2. The fourth-order valence-corrected chi connectivity index (χ4v) is 3.66. The number of hydrogen-bond acceptors (Lipinski definition) is 6. The minimum absolute atomic E-state index is 0.0271. The molecule has 0 radical (unpaired) electrons. The van der Waals surface area contributed by atoms with Crippen molar-refractivity contribution < 1.29 is 19.1 Å². The molecule has 0 bridgehead atoms. The lowest BCUT2D eigenvalue weighted by Crippen LogP contribution is -2.22. The molecule has 27 heavy (non-hydrogen) atoms. The summed E-state index contributed by atoms with van der Waals surface area (Å²) in [4.78, 5) is 29.1. The van der Waals surface area contributed by atoms with Gasteiger partial charge in [0.15, 0.2) is 11.4 Å². The van der Waals surface area contributed by atoms with Gasteiger partial charge in [-0.25, -0.2) is 14.3 Å². The van der Waals surface area contributed by atoms with Crippen LogP contribution in [0.1, 0.15) is 50.0 Å². The topological polar surface area (TPSA) is 82.8 Å². The molecule has 1 unspecified atom stereocenters. The van der Waals surface area contributed by atoms with Crippen molar-refractivity contribution in [1.82, 2.24) is 14.6 Å². The number of methoxy groups -OCH3 is 2. The summed E-state index contributed by atoms with van der Waals surface area (Å²) in [6, 6.07) is 7.75. The number of aryl methyl sites for hydroxylation is 1. The zero-order valence-corrected chi connectivity index (χ0v) is 15.4. The average Bonchev–Trinajstić information content (AvgIpc) is 3.03. The highest BCUT2D eigenvalue weighted by Crippen LogP contribution is 2.34. The van der Waals surface area contributed by atoms with Crippen molar-refractivity contribution >= 4 is 17.4 Å². The van der Waals surface area contributed by atoms with Gasteiger partial charge in [0.05, 0.1) is 31.2 Å². The van der Waals surface area contributed by atoms with Gasteiger partial charge < -0.3 is 9.47 Å². The van der Waals surface area contributed by atoms with Gasteiger partial charge in [-0.3, -0.25) is 4.79 Å². The predicted molar refractivity (Wildman–Crippen MR) is 97.5 cm³/mol. The van der Waals surface area contributed by atoms with Crippen molar-refractivity contribution in [3.8, 4) is 5.75 Å². The summed E-state index contributed by atoms with van der Waals surface area (Å²) in [6.07, 6.45) is 2.59. The van der Waals surface area contributed by atoms with Gasteiger partial charge in [-0.2, -0.15) is 5.10 Å². The molecule has 1 aromatic carbocycles. The number of carbonyl (C=O) groups excluding carboxylic acids is 2. The highest BCUT2D eigenvalue weighted by molar-refractivity contribution is 6.00. The molecule has 1 aliphatic carbocycles. The van der Waals surface area contributed by atoms with Gasteiger partial charge in [0.25, 0.3) is 0 Å². The van der Waals surface area contributed by atoms with Crippen LogP contribution in [-0.4, -0.2) is 40.6 Å². The molecule has 0 saturated carbocycles. The third kappa shape index (κ3) is 2.75. The minimum Gasteiger partial charge on any atom is -0.497 e. The first-order valence-corrected chi connectivity index (χ1v) is 8.66. The SMILES string of the molecule is COC(=O)c1c(C)nn2c3c(cnc12)C(=O)CC(c1ccc(OC)cc1)C3. The molecule has 4 rings (SSSR count). The molecule has 0 spiro atoms. The van der Waals surface area contributed by atoms with Crippen LogP contribution in [0.3, 0.4) is 0 Å². The maximum Gasteiger partial charge on any atom is 0.343 e. The molecule has 138 valence electrons. The number of nitrogens with zero attached hydrogens (tertiary/aromatic N) is 3. The van der Waals surface area contributed by atoms with Gasteiger partial charge in [0.1, 0.15) is 11.3 Å². The first-order valence-electron chi connectivity index (χ1n) is 8.66. The number of aromatic nitrogens is 3. The van der Waals surface area contributed by atoms with Crippen LogP contribution in [0.2, 0.25) is 0 Å². The van der Waals surface area contributed by atoms with Crippen LogP contribution in [0.4, 0.5) is 0 Å². The lowest BCUT2D eigenvalue weighted by molar-refractivity contribution is 0.0601. The molecule has 2 aromatic heterocycles. The molecule has 0 fully saturated rings. The molecule has 1 atom stereocenters. The first kappa shape index (κ1) is 17.2. The number of benzene rings is 1. The van der Waals surface area contributed by atoms with E-state index in [0.717, 1.165) is 17.0 Å².